The van der Waals surface area contributed by atoms with Gasteiger partial charge in [0, 0.05) is 17.7 Å². The predicted octanol–water partition coefficient (Wildman–Crippen LogP) is 4.13. The Balaban J connectivity index is 1.82. The molecule has 0 atom stereocenters. The third kappa shape index (κ3) is 3.61. The monoisotopic (exact) mass is 307 g/mol. The lowest BCUT2D eigenvalue weighted by Gasteiger charge is -2.11. The molecule has 1 heterocycles. The lowest BCUT2D eigenvalue weighted by atomic mass is 10.0. The number of anilines is 1. The van der Waals surface area contributed by atoms with Crippen LogP contribution in [0, 0.1) is 0 Å². The van der Waals surface area contributed by atoms with Crippen LogP contribution in [0.2, 0.25) is 0 Å². The molecule has 1 N–H and O–H groups in total. The molecule has 0 saturated carbocycles. The van der Waals surface area contributed by atoms with Crippen molar-refractivity contribution in [3.8, 4) is 5.75 Å². The first kappa shape index (κ1) is 14.9. The molecule has 1 aromatic heterocycles. The first-order valence-electron chi connectivity index (χ1n) is 7.30. The molecule has 4 heteroatoms. The van der Waals surface area contributed by atoms with Crippen LogP contribution >= 0.6 is 0 Å². The number of carbonyl (C=O) groups excluding carboxylic acids is 1. The zero-order valence-electron chi connectivity index (χ0n) is 12.8. The van der Waals surface area contributed by atoms with Crippen LogP contribution in [0.4, 0.5) is 5.69 Å². The van der Waals surface area contributed by atoms with Crippen molar-refractivity contribution in [2.75, 3.05) is 12.4 Å². The highest BCUT2D eigenvalue weighted by atomic mass is 16.5. The third-order valence-corrected chi connectivity index (χ3v) is 3.56. The number of carbonyl (C=O) groups is 1. The van der Waals surface area contributed by atoms with Crippen molar-refractivity contribution in [3.05, 3.63) is 83.8 Å². The lowest BCUT2D eigenvalue weighted by Crippen LogP contribution is -2.11. The Morgan fingerprint density at radius 3 is 2.65 bits per heavy atom. The first-order chi connectivity index (χ1) is 11.3. The molecule has 0 aliphatic rings. The van der Waals surface area contributed by atoms with Crippen LogP contribution in [0.15, 0.2) is 71.5 Å². The molecule has 0 fully saturated rings. The van der Waals surface area contributed by atoms with E-state index in [2.05, 4.69) is 17.4 Å². The highest BCUT2D eigenvalue weighted by molar-refractivity contribution is 6.04. The standard InChI is InChI=1S/C19H17NO3/c1-22-18-8-7-17(20-19(21)15-9-10-23-13-15)12-16(18)11-14-5-3-2-4-6-14/h2-10,12-13H,11H2,1H3,(H,20,21). The molecule has 4 nitrogen and oxygen atoms in total. The second-order valence-electron chi connectivity index (χ2n) is 5.16. The smallest absolute Gasteiger partial charge is 0.258 e. The summed E-state index contributed by atoms with van der Waals surface area (Å²) in [5.41, 5.74) is 3.42. The quantitative estimate of drug-likeness (QED) is 0.771. The number of benzene rings is 2. The maximum Gasteiger partial charge on any atom is 0.258 e. The highest BCUT2D eigenvalue weighted by Gasteiger charge is 2.10. The van der Waals surface area contributed by atoms with Gasteiger partial charge in [-0.05, 0) is 29.8 Å². The van der Waals surface area contributed by atoms with Crippen LogP contribution in [0.25, 0.3) is 0 Å². The number of nitrogens with one attached hydrogen (secondary N) is 1. The number of hydrogen-bond acceptors (Lipinski definition) is 3. The molecule has 116 valence electrons. The Hall–Kier alpha value is -3.01. The van der Waals surface area contributed by atoms with E-state index in [1.165, 1.54) is 18.1 Å². The van der Waals surface area contributed by atoms with E-state index in [4.69, 9.17) is 9.15 Å². The van der Waals surface area contributed by atoms with Gasteiger partial charge in [-0.3, -0.25) is 4.79 Å². The average Bonchev–Trinajstić information content (AvgIpc) is 3.11. The fraction of sp³-hybridized carbons (Fsp3) is 0.105. The minimum atomic E-state index is -0.199. The lowest BCUT2D eigenvalue weighted by molar-refractivity contribution is 0.102. The summed E-state index contributed by atoms with van der Waals surface area (Å²) < 4.78 is 10.4. The van der Waals surface area contributed by atoms with Gasteiger partial charge in [-0.15, -0.1) is 0 Å². The van der Waals surface area contributed by atoms with Crippen LogP contribution in [-0.2, 0) is 6.42 Å². The molecular weight excluding hydrogens is 290 g/mol. The maximum absolute atomic E-state index is 12.1. The zero-order chi connectivity index (χ0) is 16.1. The van der Waals surface area contributed by atoms with E-state index < -0.39 is 0 Å². The Bertz CT molecular complexity index is 780. The molecule has 0 saturated heterocycles. The van der Waals surface area contributed by atoms with Crippen LogP contribution in [0.5, 0.6) is 5.75 Å². The summed E-state index contributed by atoms with van der Waals surface area (Å²) in [7, 11) is 1.65. The Labute approximate surface area is 134 Å². The minimum Gasteiger partial charge on any atom is -0.496 e. The summed E-state index contributed by atoms with van der Waals surface area (Å²) in [5, 5.41) is 2.87. The summed E-state index contributed by atoms with van der Waals surface area (Å²) in [6.45, 7) is 0. The predicted molar refractivity (Wildman–Crippen MR) is 88.9 cm³/mol. The largest absolute Gasteiger partial charge is 0.496 e. The van der Waals surface area contributed by atoms with E-state index in [0.717, 1.165) is 23.4 Å². The Kier molecular flexibility index (Phi) is 4.43. The average molecular weight is 307 g/mol. The zero-order valence-corrected chi connectivity index (χ0v) is 12.8. The van der Waals surface area contributed by atoms with Gasteiger partial charge in [-0.2, -0.15) is 0 Å². The van der Waals surface area contributed by atoms with Crippen molar-refractivity contribution in [1.29, 1.82) is 0 Å². The fourth-order valence-electron chi connectivity index (χ4n) is 2.41. The van der Waals surface area contributed by atoms with E-state index in [-0.39, 0.29) is 5.91 Å². The Morgan fingerprint density at radius 1 is 1.13 bits per heavy atom. The van der Waals surface area contributed by atoms with Crippen molar-refractivity contribution in [1.82, 2.24) is 0 Å². The molecule has 2 aromatic carbocycles. The summed E-state index contributed by atoms with van der Waals surface area (Å²) >= 11 is 0. The van der Waals surface area contributed by atoms with Crippen molar-refractivity contribution >= 4 is 11.6 Å². The van der Waals surface area contributed by atoms with Crippen LogP contribution < -0.4 is 10.1 Å². The van der Waals surface area contributed by atoms with E-state index in [0.29, 0.717) is 5.56 Å². The number of ether oxygens (including phenoxy) is 1. The fourth-order valence-corrected chi connectivity index (χ4v) is 2.41. The Morgan fingerprint density at radius 2 is 1.96 bits per heavy atom. The molecule has 0 aliphatic carbocycles. The van der Waals surface area contributed by atoms with Crippen LogP contribution in [-0.4, -0.2) is 13.0 Å². The van der Waals surface area contributed by atoms with Gasteiger partial charge >= 0.3 is 0 Å². The van der Waals surface area contributed by atoms with Crippen LogP contribution in [0.3, 0.4) is 0 Å². The van der Waals surface area contributed by atoms with Crippen molar-refractivity contribution in [3.63, 3.8) is 0 Å². The highest BCUT2D eigenvalue weighted by Crippen LogP contribution is 2.25. The maximum atomic E-state index is 12.1. The summed E-state index contributed by atoms with van der Waals surface area (Å²) in [4.78, 5) is 12.1. The molecule has 1 amide bonds. The van der Waals surface area contributed by atoms with Crippen molar-refractivity contribution < 1.29 is 13.9 Å². The van der Waals surface area contributed by atoms with E-state index in [1.807, 2.05) is 36.4 Å². The first-order valence-corrected chi connectivity index (χ1v) is 7.30. The van der Waals surface area contributed by atoms with Gasteiger partial charge in [-0.25, -0.2) is 0 Å². The van der Waals surface area contributed by atoms with Gasteiger partial charge in [0.15, 0.2) is 0 Å². The molecule has 0 bridgehead atoms. The molecule has 0 aliphatic heterocycles. The topological polar surface area (TPSA) is 51.5 Å². The van der Waals surface area contributed by atoms with E-state index >= 15 is 0 Å². The number of rotatable bonds is 5. The van der Waals surface area contributed by atoms with E-state index in [1.54, 1.807) is 13.2 Å². The van der Waals surface area contributed by atoms with Crippen molar-refractivity contribution in [2.45, 2.75) is 6.42 Å². The molecule has 3 aromatic rings. The molecule has 0 radical (unpaired) electrons. The normalized spacial score (nSPS) is 10.3. The summed E-state index contributed by atoms with van der Waals surface area (Å²) in [5.74, 6) is 0.602. The molecule has 23 heavy (non-hydrogen) atoms. The SMILES string of the molecule is COc1ccc(NC(=O)c2ccoc2)cc1Cc1ccccc1. The molecule has 0 spiro atoms. The van der Waals surface area contributed by atoms with Crippen LogP contribution in [0.1, 0.15) is 21.5 Å². The third-order valence-electron chi connectivity index (χ3n) is 3.56. The summed E-state index contributed by atoms with van der Waals surface area (Å²) in [6, 6.07) is 17.4. The van der Waals surface area contributed by atoms with Gasteiger partial charge in [0.1, 0.15) is 12.0 Å². The molecule has 3 rings (SSSR count). The number of furan rings is 1. The number of methoxy groups -OCH3 is 1. The van der Waals surface area contributed by atoms with Gasteiger partial charge < -0.3 is 14.5 Å². The van der Waals surface area contributed by atoms with Gasteiger partial charge in [0.2, 0.25) is 0 Å². The molecular formula is C19H17NO3. The second kappa shape index (κ2) is 6.83. The second-order valence-corrected chi connectivity index (χ2v) is 5.16. The van der Waals surface area contributed by atoms with Crippen molar-refractivity contribution in [2.24, 2.45) is 0 Å². The minimum absolute atomic E-state index is 0.199. The molecule has 0 unspecified atom stereocenters. The summed E-state index contributed by atoms with van der Waals surface area (Å²) in [6.07, 6.45) is 3.63. The van der Waals surface area contributed by atoms with E-state index in [9.17, 15) is 4.79 Å². The van der Waals surface area contributed by atoms with Gasteiger partial charge in [0.05, 0.1) is 18.9 Å². The number of hydrogen-bond donors (Lipinski definition) is 1. The number of amides is 1. The van der Waals surface area contributed by atoms with Gasteiger partial charge in [-0.1, -0.05) is 30.3 Å². The van der Waals surface area contributed by atoms with Gasteiger partial charge in [0.25, 0.3) is 5.91 Å².